The van der Waals surface area contributed by atoms with E-state index in [1.54, 1.807) is 67.2 Å². The van der Waals surface area contributed by atoms with Gasteiger partial charge in [-0.3, -0.25) is 24.1 Å². The van der Waals surface area contributed by atoms with Crippen LogP contribution < -0.4 is 4.74 Å². The van der Waals surface area contributed by atoms with Crippen LogP contribution in [-0.2, 0) is 0 Å². The van der Waals surface area contributed by atoms with Crippen LogP contribution in [0.3, 0.4) is 0 Å². The predicted octanol–water partition coefficient (Wildman–Crippen LogP) is 2.30. The van der Waals surface area contributed by atoms with Crippen LogP contribution in [0.2, 0.25) is 0 Å². The maximum Gasteiger partial charge on any atom is 0.261 e. The van der Waals surface area contributed by atoms with Gasteiger partial charge in [-0.25, -0.2) is 0 Å². The van der Waals surface area contributed by atoms with Gasteiger partial charge in [-0.1, -0.05) is 6.07 Å². The fourth-order valence-electron chi connectivity index (χ4n) is 4.10. The zero-order valence-corrected chi connectivity index (χ0v) is 18.3. The highest BCUT2D eigenvalue weighted by molar-refractivity contribution is 6.22. The summed E-state index contributed by atoms with van der Waals surface area (Å²) in [6, 6.07) is 11.4. The lowest BCUT2D eigenvalue weighted by molar-refractivity contribution is 0.0535. The first-order chi connectivity index (χ1) is 15.3. The number of imide groups is 1. The topological polar surface area (TPSA) is 87.2 Å². The molecule has 0 bridgehead atoms. The number of carbonyl (C=O) groups excluding carboxylic acids is 4. The van der Waals surface area contributed by atoms with E-state index >= 15 is 0 Å². The molecule has 2 aliphatic heterocycles. The van der Waals surface area contributed by atoms with Crippen molar-refractivity contribution in [3.63, 3.8) is 0 Å². The van der Waals surface area contributed by atoms with Gasteiger partial charge >= 0.3 is 0 Å². The fraction of sp³-hybridized carbons (Fsp3) is 0.333. The van der Waals surface area contributed by atoms with E-state index in [2.05, 4.69) is 0 Å². The molecule has 0 unspecified atom stereocenters. The van der Waals surface area contributed by atoms with Gasteiger partial charge in [-0.2, -0.15) is 0 Å². The average molecular weight is 435 g/mol. The van der Waals surface area contributed by atoms with Crippen LogP contribution in [-0.4, -0.2) is 77.7 Å². The third kappa shape index (κ3) is 3.72. The molecule has 0 atom stereocenters. The molecule has 2 aliphatic rings. The molecule has 166 valence electrons. The maximum atomic E-state index is 13.0. The summed E-state index contributed by atoms with van der Waals surface area (Å²) >= 11 is 0. The summed E-state index contributed by atoms with van der Waals surface area (Å²) in [5, 5.41) is 0. The summed E-state index contributed by atoms with van der Waals surface area (Å²) in [6.07, 6.45) is 0. The van der Waals surface area contributed by atoms with Crippen molar-refractivity contribution in [2.45, 2.75) is 19.9 Å². The number of fused-ring (bicyclic) bond motifs is 1. The summed E-state index contributed by atoms with van der Waals surface area (Å²) < 4.78 is 5.18. The Morgan fingerprint density at radius 1 is 0.812 bits per heavy atom. The first-order valence-electron chi connectivity index (χ1n) is 10.6. The largest absolute Gasteiger partial charge is 0.497 e. The normalized spacial score (nSPS) is 15.9. The summed E-state index contributed by atoms with van der Waals surface area (Å²) in [5.41, 5.74) is 1.50. The number of ether oxygens (including phenoxy) is 1. The van der Waals surface area contributed by atoms with Gasteiger partial charge in [0.15, 0.2) is 0 Å². The molecule has 0 N–H and O–H groups in total. The van der Waals surface area contributed by atoms with Crippen LogP contribution in [0.25, 0.3) is 0 Å². The number of carbonyl (C=O) groups is 4. The van der Waals surface area contributed by atoms with Crippen LogP contribution in [0.4, 0.5) is 0 Å². The Kier molecular flexibility index (Phi) is 5.69. The number of methoxy groups -OCH3 is 1. The molecule has 32 heavy (non-hydrogen) atoms. The Bertz CT molecular complexity index is 1100. The van der Waals surface area contributed by atoms with Crippen molar-refractivity contribution in [3.05, 3.63) is 64.7 Å². The van der Waals surface area contributed by atoms with Gasteiger partial charge in [-0.05, 0) is 50.2 Å². The second kappa shape index (κ2) is 8.45. The van der Waals surface area contributed by atoms with Crippen LogP contribution >= 0.6 is 0 Å². The monoisotopic (exact) mass is 435 g/mol. The molecular formula is C24H25N3O5. The Labute approximate surface area is 186 Å². The Morgan fingerprint density at radius 2 is 1.38 bits per heavy atom. The standard InChI is InChI=1S/C24H25N3O5/c1-15(2)27-23(30)19-8-7-17(14-20(19)24(27)31)22(29)26-11-9-25(10-12-26)21(28)16-5-4-6-18(13-16)32-3/h4-8,13-15H,9-12H2,1-3H3. The van der Waals surface area contributed by atoms with Crippen LogP contribution in [0, 0.1) is 0 Å². The number of hydrogen-bond donors (Lipinski definition) is 0. The van der Waals surface area contributed by atoms with E-state index in [9.17, 15) is 19.2 Å². The van der Waals surface area contributed by atoms with Crippen molar-refractivity contribution in [2.75, 3.05) is 33.3 Å². The molecule has 1 saturated heterocycles. The van der Waals surface area contributed by atoms with Gasteiger partial charge in [0.25, 0.3) is 23.6 Å². The Balaban J connectivity index is 1.44. The zero-order chi connectivity index (χ0) is 23.0. The molecule has 8 heteroatoms. The summed E-state index contributed by atoms with van der Waals surface area (Å²) in [7, 11) is 1.55. The molecule has 1 fully saturated rings. The molecule has 2 heterocycles. The van der Waals surface area contributed by atoms with Crippen molar-refractivity contribution in [3.8, 4) is 5.75 Å². The predicted molar refractivity (Wildman–Crippen MR) is 117 cm³/mol. The van der Waals surface area contributed by atoms with Gasteiger partial charge < -0.3 is 14.5 Å². The molecule has 0 aromatic heterocycles. The number of amides is 4. The number of piperazine rings is 1. The van der Waals surface area contributed by atoms with Crippen LogP contribution in [0.1, 0.15) is 55.3 Å². The highest BCUT2D eigenvalue weighted by atomic mass is 16.5. The summed E-state index contributed by atoms with van der Waals surface area (Å²) in [6.45, 7) is 5.14. The van der Waals surface area contributed by atoms with Gasteiger partial charge in [0, 0.05) is 43.3 Å². The fourth-order valence-corrected chi connectivity index (χ4v) is 4.10. The Hall–Kier alpha value is -3.68. The number of nitrogens with zero attached hydrogens (tertiary/aromatic N) is 3. The molecule has 0 aliphatic carbocycles. The van der Waals surface area contributed by atoms with E-state index in [0.717, 1.165) is 0 Å². The third-order valence-corrected chi connectivity index (χ3v) is 5.85. The minimum absolute atomic E-state index is 0.105. The van der Waals surface area contributed by atoms with Crippen molar-refractivity contribution in [1.82, 2.24) is 14.7 Å². The molecule has 8 nitrogen and oxygen atoms in total. The summed E-state index contributed by atoms with van der Waals surface area (Å²) in [4.78, 5) is 55.5. The zero-order valence-electron chi connectivity index (χ0n) is 18.3. The third-order valence-electron chi connectivity index (χ3n) is 5.85. The molecule has 2 aromatic rings. The van der Waals surface area contributed by atoms with E-state index < -0.39 is 0 Å². The highest BCUT2D eigenvalue weighted by Crippen LogP contribution is 2.26. The van der Waals surface area contributed by atoms with Crippen molar-refractivity contribution >= 4 is 23.6 Å². The number of benzene rings is 2. The molecule has 4 rings (SSSR count). The van der Waals surface area contributed by atoms with Crippen molar-refractivity contribution in [1.29, 1.82) is 0 Å². The lowest BCUT2D eigenvalue weighted by atomic mass is 10.0. The molecule has 4 amide bonds. The summed E-state index contributed by atoms with van der Waals surface area (Å²) in [5.74, 6) is -0.409. The molecule has 0 spiro atoms. The highest BCUT2D eigenvalue weighted by Gasteiger charge is 2.38. The lowest BCUT2D eigenvalue weighted by Crippen LogP contribution is -2.50. The second-order valence-corrected chi connectivity index (χ2v) is 8.15. The van der Waals surface area contributed by atoms with E-state index in [-0.39, 0.29) is 35.2 Å². The maximum absolute atomic E-state index is 13.0. The van der Waals surface area contributed by atoms with E-state index in [1.807, 2.05) is 0 Å². The quantitative estimate of drug-likeness (QED) is 0.688. The van der Waals surface area contributed by atoms with Gasteiger partial charge in [0.2, 0.25) is 0 Å². The van der Waals surface area contributed by atoms with Crippen molar-refractivity contribution < 1.29 is 23.9 Å². The van der Waals surface area contributed by atoms with E-state index in [1.165, 1.54) is 11.0 Å². The van der Waals surface area contributed by atoms with E-state index in [4.69, 9.17) is 4.74 Å². The van der Waals surface area contributed by atoms with Gasteiger partial charge in [0.05, 0.1) is 18.2 Å². The van der Waals surface area contributed by atoms with Crippen LogP contribution in [0.5, 0.6) is 5.75 Å². The second-order valence-electron chi connectivity index (χ2n) is 8.15. The molecule has 0 saturated carbocycles. The Morgan fingerprint density at radius 3 is 1.94 bits per heavy atom. The SMILES string of the molecule is COc1cccc(C(=O)N2CCN(C(=O)c3ccc4c(c3)C(=O)N(C(C)C)C4=O)CC2)c1. The minimum Gasteiger partial charge on any atom is -0.497 e. The smallest absolute Gasteiger partial charge is 0.261 e. The molecule has 2 aromatic carbocycles. The average Bonchev–Trinajstić information content (AvgIpc) is 3.07. The minimum atomic E-state index is -0.372. The van der Waals surface area contributed by atoms with Crippen LogP contribution in [0.15, 0.2) is 42.5 Å². The molecular weight excluding hydrogens is 410 g/mol. The number of hydrogen-bond acceptors (Lipinski definition) is 5. The lowest BCUT2D eigenvalue weighted by Gasteiger charge is -2.35. The molecule has 0 radical (unpaired) electrons. The van der Waals surface area contributed by atoms with Gasteiger partial charge in [0.1, 0.15) is 5.75 Å². The van der Waals surface area contributed by atoms with Gasteiger partial charge in [-0.15, -0.1) is 0 Å². The van der Waals surface area contributed by atoms with Crippen molar-refractivity contribution in [2.24, 2.45) is 0 Å². The first kappa shape index (κ1) is 21.5. The number of rotatable bonds is 4. The first-order valence-corrected chi connectivity index (χ1v) is 10.6. The van der Waals surface area contributed by atoms with E-state index in [0.29, 0.717) is 48.6 Å².